The molecule has 0 radical (unpaired) electrons. The summed E-state index contributed by atoms with van der Waals surface area (Å²) in [7, 11) is 0. The van der Waals surface area contributed by atoms with E-state index in [9.17, 15) is 9.59 Å². The lowest BCUT2D eigenvalue weighted by Gasteiger charge is -2.36. The molecule has 25 heavy (non-hydrogen) atoms. The van der Waals surface area contributed by atoms with Crippen molar-refractivity contribution in [3.05, 3.63) is 25.3 Å². The molecule has 140 valence electrons. The molecule has 0 bridgehead atoms. The maximum absolute atomic E-state index is 12.4. The normalized spacial score (nSPS) is 19.4. The van der Waals surface area contributed by atoms with Crippen LogP contribution < -0.4 is 0 Å². The number of hydrogen-bond acceptors (Lipinski definition) is 5. The van der Waals surface area contributed by atoms with Crippen LogP contribution in [0, 0.1) is 0 Å². The largest absolute Gasteiger partial charge is 0.378 e. The van der Waals surface area contributed by atoms with Gasteiger partial charge in [0.05, 0.1) is 26.3 Å². The molecule has 0 unspecified atom stereocenters. The maximum atomic E-state index is 12.4. The van der Waals surface area contributed by atoms with Crippen molar-refractivity contribution in [3.63, 3.8) is 0 Å². The molecule has 0 N–H and O–H groups in total. The third-order valence-electron chi connectivity index (χ3n) is 4.60. The van der Waals surface area contributed by atoms with Crippen LogP contribution in [0.1, 0.15) is 0 Å². The smallest absolute Gasteiger partial charge is 0.237 e. The van der Waals surface area contributed by atoms with Gasteiger partial charge in [0.1, 0.15) is 0 Å². The first kappa shape index (κ1) is 19.6. The second-order valence-corrected chi connectivity index (χ2v) is 6.42. The number of nitrogens with zero attached hydrogens (tertiary/aromatic N) is 4. The van der Waals surface area contributed by atoms with Crippen LogP contribution in [0.15, 0.2) is 25.3 Å². The predicted molar refractivity (Wildman–Crippen MR) is 97.3 cm³/mol. The van der Waals surface area contributed by atoms with Crippen molar-refractivity contribution in [2.24, 2.45) is 0 Å². The first-order valence-corrected chi connectivity index (χ1v) is 8.94. The van der Waals surface area contributed by atoms with Gasteiger partial charge in [-0.15, -0.1) is 13.2 Å². The van der Waals surface area contributed by atoms with E-state index in [4.69, 9.17) is 4.74 Å². The van der Waals surface area contributed by atoms with Gasteiger partial charge in [0.25, 0.3) is 0 Å². The van der Waals surface area contributed by atoms with E-state index in [2.05, 4.69) is 23.0 Å². The molecule has 0 aromatic heterocycles. The number of hydrogen-bond donors (Lipinski definition) is 0. The van der Waals surface area contributed by atoms with Crippen molar-refractivity contribution >= 4 is 11.8 Å². The van der Waals surface area contributed by atoms with Crippen LogP contribution >= 0.6 is 0 Å². The fourth-order valence-electron chi connectivity index (χ4n) is 3.09. The van der Waals surface area contributed by atoms with Crippen LogP contribution in [-0.2, 0) is 14.3 Å². The van der Waals surface area contributed by atoms with Crippen molar-refractivity contribution < 1.29 is 14.3 Å². The van der Waals surface area contributed by atoms with Gasteiger partial charge in [0.2, 0.25) is 11.8 Å². The Morgan fingerprint density at radius 1 is 0.880 bits per heavy atom. The standard InChI is InChI=1S/C18H30N4O3/c1-3-5-21(6-4-2)17(23)15-19-7-9-20(10-8-19)16-18(24)22-11-13-25-14-12-22/h3-4H,1-2,5-16H2. The van der Waals surface area contributed by atoms with Gasteiger partial charge in [0.15, 0.2) is 0 Å². The van der Waals surface area contributed by atoms with Crippen LogP contribution in [0.2, 0.25) is 0 Å². The predicted octanol–water partition coefficient (Wildman–Crippen LogP) is -0.337. The van der Waals surface area contributed by atoms with E-state index in [0.717, 1.165) is 26.2 Å². The highest BCUT2D eigenvalue weighted by Crippen LogP contribution is 2.05. The van der Waals surface area contributed by atoms with Crippen LogP contribution in [0.5, 0.6) is 0 Å². The van der Waals surface area contributed by atoms with E-state index in [0.29, 0.717) is 52.5 Å². The fourth-order valence-corrected chi connectivity index (χ4v) is 3.09. The van der Waals surface area contributed by atoms with Gasteiger partial charge >= 0.3 is 0 Å². The lowest BCUT2D eigenvalue weighted by atomic mass is 10.3. The van der Waals surface area contributed by atoms with Gasteiger partial charge in [-0.1, -0.05) is 12.2 Å². The van der Waals surface area contributed by atoms with Crippen LogP contribution in [0.4, 0.5) is 0 Å². The number of carbonyl (C=O) groups is 2. The van der Waals surface area contributed by atoms with Crippen LogP contribution in [-0.4, -0.2) is 110 Å². The third-order valence-corrected chi connectivity index (χ3v) is 4.60. The van der Waals surface area contributed by atoms with E-state index in [1.54, 1.807) is 17.1 Å². The summed E-state index contributed by atoms with van der Waals surface area (Å²) in [4.78, 5) is 32.6. The summed E-state index contributed by atoms with van der Waals surface area (Å²) in [6.45, 7) is 15.2. The second kappa shape index (κ2) is 10.3. The molecule has 0 aromatic rings. The van der Waals surface area contributed by atoms with Gasteiger partial charge in [-0.25, -0.2) is 0 Å². The zero-order valence-electron chi connectivity index (χ0n) is 15.1. The highest BCUT2D eigenvalue weighted by molar-refractivity contribution is 5.79. The zero-order chi connectivity index (χ0) is 18.1. The van der Waals surface area contributed by atoms with Crippen molar-refractivity contribution in [1.82, 2.24) is 19.6 Å². The van der Waals surface area contributed by atoms with Crippen molar-refractivity contribution in [1.29, 1.82) is 0 Å². The van der Waals surface area contributed by atoms with Crippen molar-refractivity contribution in [2.45, 2.75) is 0 Å². The Kier molecular flexibility index (Phi) is 8.11. The average Bonchev–Trinajstić information content (AvgIpc) is 2.64. The minimum Gasteiger partial charge on any atom is -0.378 e. The second-order valence-electron chi connectivity index (χ2n) is 6.42. The van der Waals surface area contributed by atoms with E-state index in [-0.39, 0.29) is 11.8 Å². The summed E-state index contributed by atoms with van der Waals surface area (Å²) < 4.78 is 5.28. The Hall–Kier alpha value is -1.70. The van der Waals surface area contributed by atoms with Gasteiger partial charge in [0, 0.05) is 52.4 Å². The van der Waals surface area contributed by atoms with E-state index < -0.39 is 0 Å². The van der Waals surface area contributed by atoms with E-state index >= 15 is 0 Å². The number of piperazine rings is 1. The van der Waals surface area contributed by atoms with Gasteiger partial charge in [-0.3, -0.25) is 19.4 Å². The SMILES string of the molecule is C=CCN(CC=C)C(=O)CN1CCN(CC(=O)N2CCOCC2)CC1. The van der Waals surface area contributed by atoms with E-state index in [1.807, 2.05) is 4.90 Å². The molecule has 7 nitrogen and oxygen atoms in total. The van der Waals surface area contributed by atoms with Crippen molar-refractivity contribution in [2.75, 3.05) is 78.7 Å². The molecule has 2 rings (SSSR count). The fraction of sp³-hybridized carbons (Fsp3) is 0.667. The minimum atomic E-state index is 0.0950. The Morgan fingerprint density at radius 3 is 1.92 bits per heavy atom. The molecular weight excluding hydrogens is 320 g/mol. The number of rotatable bonds is 8. The summed E-state index contributed by atoms with van der Waals surface area (Å²) in [5.41, 5.74) is 0. The first-order chi connectivity index (χ1) is 12.1. The van der Waals surface area contributed by atoms with Gasteiger partial charge in [-0.05, 0) is 0 Å². The van der Waals surface area contributed by atoms with Crippen LogP contribution in [0.25, 0.3) is 0 Å². The molecule has 7 heteroatoms. The number of amides is 2. The quantitative estimate of drug-likeness (QED) is 0.561. The molecule has 0 aromatic carbocycles. The Bertz CT molecular complexity index is 459. The van der Waals surface area contributed by atoms with Gasteiger partial charge < -0.3 is 14.5 Å². The topological polar surface area (TPSA) is 56.3 Å². The van der Waals surface area contributed by atoms with Crippen LogP contribution in [0.3, 0.4) is 0 Å². The minimum absolute atomic E-state index is 0.0950. The van der Waals surface area contributed by atoms with E-state index in [1.165, 1.54) is 0 Å². The lowest BCUT2D eigenvalue weighted by Crippen LogP contribution is -2.53. The summed E-state index contributed by atoms with van der Waals surface area (Å²) in [6, 6.07) is 0. The molecule has 2 heterocycles. The Labute approximate surface area is 150 Å². The molecule has 2 aliphatic rings. The lowest BCUT2D eigenvalue weighted by molar-refractivity contribution is -0.137. The number of morpholine rings is 1. The van der Waals surface area contributed by atoms with Gasteiger partial charge in [-0.2, -0.15) is 0 Å². The number of carbonyl (C=O) groups excluding carboxylic acids is 2. The zero-order valence-corrected chi connectivity index (χ0v) is 15.1. The summed E-state index contributed by atoms with van der Waals surface area (Å²) >= 11 is 0. The molecule has 0 saturated carbocycles. The first-order valence-electron chi connectivity index (χ1n) is 8.94. The molecule has 2 saturated heterocycles. The Balaban J connectivity index is 1.71. The number of ether oxygens (including phenoxy) is 1. The molecule has 2 fully saturated rings. The molecule has 2 amide bonds. The Morgan fingerprint density at radius 2 is 1.40 bits per heavy atom. The maximum Gasteiger partial charge on any atom is 0.237 e. The molecule has 0 atom stereocenters. The third kappa shape index (κ3) is 6.26. The summed E-state index contributed by atoms with van der Waals surface area (Å²) in [6.07, 6.45) is 3.47. The summed E-state index contributed by atoms with van der Waals surface area (Å²) in [5, 5.41) is 0. The monoisotopic (exact) mass is 350 g/mol. The molecule has 0 aliphatic carbocycles. The highest BCUT2D eigenvalue weighted by atomic mass is 16.5. The average molecular weight is 350 g/mol. The van der Waals surface area contributed by atoms with Crippen molar-refractivity contribution in [3.8, 4) is 0 Å². The summed E-state index contributed by atoms with van der Waals surface area (Å²) in [5.74, 6) is 0.272. The highest BCUT2D eigenvalue weighted by Gasteiger charge is 2.24. The molecular formula is C18H30N4O3. The molecule has 2 aliphatic heterocycles. The molecule has 0 spiro atoms.